The molecule has 6 heteroatoms. The molecule has 0 bridgehead atoms. The van der Waals surface area contributed by atoms with Gasteiger partial charge in [0.15, 0.2) is 0 Å². The number of amides is 2. The summed E-state index contributed by atoms with van der Waals surface area (Å²) in [6, 6.07) is 7.09. The second kappa shape index (κ2) is 6.87. The third kappa shape index (κ3) is 3.24. The van der Waals surface area contributed by atoms with Crippen molar-refractivity contribution in [2.75, 3.05) is 14.1 Å². The van der Waals surface area contributed by atoms with Crippen LogP contribution in [0.4, 0.5) is 0 Å². The maximum atomic E-state index is 12.4. The van der Waals surface area contributed by atoms with Crippen LogP contribution in [0.3, 0.4) is 0 Å². The minimum Gasteiger partial charge on any atom is -0.466 e. The van der Waals surface area contributed by atoms with Gasteiger partial charge in [0.05, 0.1) is 17.1 Å². The summed E-state index contributed by atoms with van der Waals surface area (Å²) in [7, 11) is 3.10. The first-order chi connectivity index (χ1) is 10.9. The normalized spacial score (nSPS) is 15.3. The summed E-state index contributed by atoms with van der Waals surface area (Å²) < 4.78 is 5.64. The summed E-state index contributed by atoms with van der Waals surface area (Å²) in [5, 5.41) is 5.81. The number of allylic oxidation sites excluding steroid dienone is 2. The first kappa shape index (κ1) is 17.1. The molecule has 0 radical (unpaired) electrons. The monoisotopic (exact) mass is 334 g/mol. The molecule has 2 N–H and O–H groups in total. The molecule has 0 fully saturated rings. The second-order valence-electron chi connectivity index (χ2n) is 5.18. The highest BCUT2D eigenvalue weighted by molar-refractivity contribution is 6.30. The molecule has 0 aliphatic carbocycles. The molecule has 1 aromatic carbocycles. The zero-order chi connectivity index (χ0) is 17.1. The number of carbonyl (C=O) groups is 2. The summed E-state index contributed by atoms with van der Waals surface area (Å²) in [5.41, 5.74) is 1.63. The third-order valence-electron chi connectivity index (χ3n) is 3.79. The van der Waals surface area contributed by atoms with E-state index in [2.05, 4.69) is 10.6 Å². The van der Waals surface area contributed by atoms with Gasteiger partial charge in [0.2, 0.25) is 0 Å². The fraction of sp³-hybridized carbons (Fsp3) is 0.294. The van der Waals surface area contributed by atoms with E-state index in [9.17, 15) is 9.59 Å². The number of rotatable bonds is 3. The number of halogens is 1. The minimum atomic E-state index is -0.513. The third-order valence-corrected chi connectivity index (χ3v) is 4.04. The Bertz CT molecular complexity index is 667. The number of carbonyl (C=O) groups excluding carboxylic acids is 2. The van der Waals surface area contributed by atoms with Crippen molar-refractivity contribution in [2.45, 2.75) is 19.8 Å². The van der Waals surface area contributed by atoms with Crippen LogP contribution in [0.1, 0.15) is 25.3 Å². The standard InChI is InChI=1S/C17H19ClN2O3/c1-9-13(16(21)19-3)15(11-5-7-12(18)8-6-11)14(10(2)23-9)17(22)20-4/h5-8,15H,1-4H3,(H,19,21)(H,20,22). The first-order valence-corrected chi connectivity index (χ1v) is 7.57. The van der Waals surface area contributed by atoms with Gasteiger partial charge < -0.3 is 15.4 Å². The summed E-state index contributed by atoms with van der Waals surface area (Å²) in [4.78, 5) is 24.7. The van der Waals surface area contributed by atoms with Crippen LogP contribution in [0.5, 0.6) is 0 Å². The predicted octanol–water partition coefficient (Wildman–Crippen LogP) is 2.49. The van der Waals surface area contributed by atoms with Crippen LogP contribution in [0, 0.1) is 0 Å². The maximum absolute atomic E-state index is 12.4. The highest BCUT2D eigenvalue weighted by Gasteiger charge is 2.37. The summed E-state index contributed by atoms with van der Waals surface area (Å²) in [5.74, 6) is -0.113. The number of likely N-dealkylation sites (N-methyl/N-ethyl adjacent to an activating group) is 2. The molecule has 1 aromatic rings. The number of ether oxygens (including phenoxy) is 1. The average Bonchev–Trinajstić information content (AvgIpc) is 2.53. The van der Waals surface area contributed by atoms with Crippen molar-refractivity contribution in [1.82, 2.24) is 10.6 Å². The van der Waals surface area contributed by atoms with Gasteiger partial charge in [-0.05, 0) is 31.5 Å². The Morgan fingerprint density at radius 2 is 1.39 bits per heavy atom. The van der Waals surface area contributed by atoms with E-state index in [-0.39, 0.29) is 11.8 Å². The fourth-order valence-electron chi connectivity index (χ4n) is 2.73. The van der Waals surface area contributed by atoms with E-state index in [4.69, 9.17) is 16.3 Å². The van der Waals surface area contributed by atoms with Crippen molar-refractivity contribution < 1.29 is 14.3 Å². The minimum absolute atomic E-state index is 0.281. The van der Waals surface area contributed by atoms with E-state index in [0.717, 1.165) is 5.56 Å². The average molecular weight is 335 g/mol. The zero-order valence-electron chi connectivity index (χ0n) is 13.5. The zero-order valence-corrected chi connectivity index (χ0v) is 14.2. The van der Waals surface area contributed by atoms with Gasteiger partial charge in [-0.3, -0.25) is 9.59 Å². The Balaban J connectivity index is 2.66. The predicted molar refractivity (Wildman–Crippen MR) is 88.8 cm³/mol. The van der Waals surface area contributed by atoms with Gasteiger partial charge in [0.1, 0.15) is 11.5 Å². The molecule has 2 rings (SSSR count). The lowest BCUT2D eigenvalue weighted by Gasteiger charge is -2.29. The van der Waals surface area contributed by atoms with E-state index in [1.807, 2.05) is 12.1 Å². The molecule has 1 aliphatic heterocycles. The lowest BCUT2D eigenvalue weighted by molar-refractivity contribution is -0.118. The SMILES string of the molecule is CNC(=O)C1=C(C)OC(C)=C(C(=O)NC)C1c1ccc(Cl)cc1. The number of hydrogen-bond acceptors (Lipinski definition) is 3. The molecule has 0 atom stereocenters. The second-order valence-corrected chi connectivity index (χ2v) is 5.62. The van der Waals surface area contributed by atoms with Gasteiger partial charge in [0, 0.05) is 19.1 Å². The molecule has 0 saturated carbocycles. The molecule has 0 unspecified atom stereocenters. The van der Waals surface area contributed by atoms with Crippen molar-refractivity contribution in [1.29, 1.82) is 0 Å². The van der Waals surface area contributed by atoms with Crippen LogP contribution in [0.2, 0.25) is 5.02 Å². The molecule has 5 nitrogen and oxygen atoms in total. The van der Waals surface area contributed by atoms with E-state index in [0.29, 0.717) is 27.7 Å². The van der Waals surface area contributed by atoms with Gasteiger partial charge in [-0.15, -0.1) is 0 Å². The van der Waals surface area contributed by atoms with E-state index < -0.39 is 5.92 Å². The Labute approximate surface area is 140 Å². The van der Waals surface area contributed by atoms with Gasteiger partial charge in [0.25, 0.3) is 11.8 Å². The van der Waals surface area contributed by atoms with Crippen molar-refractivity contribution in [3.63, 3.8) is 0 Å². The fourth-order valence-corrected chi connectivity index (χ4v) is 2.86. The summed E-state index contributed by atoms with van der Waals surface area (Å²) >= 11 is 5.95. The summed E-state index contributed by atoms with van der Waals surface area (Å²) in [6.07, 6.45) is 0. The Kier molecular flexibility index (Phi) is 5.11. The van der Waals surface area contributed by atoms with Crippen molar-refractivity contribution >= 4 is 23.4 Å². The largest absolute Gasteiger partial charge is 0.466 e. The molecule has 2 amide bonds. The molecular weight excluding hydrogens is 316 g/mol. The van der Waals surface area contributed by atoms with Crippen molar-refractivity contribution in [3.05, 3.63) is 57.5 Å². The number of benzene rings is 1. The molecule has 122 valence electrons. The van der Waals surface area contributed by atoms with Crippen molar-refractivity contribution in [3.8, 4) is 0 Å². The number of nitrogens with one attached hydrogen (secondary N) is 2. The molecule has 0 saturated heterocycles. The molecule has 0 spiro atoms. The quantitative estimate of drug-likeness (QED) is 0.892. The summed E-state index contributed by atoms with van der Waals surface area (Å²) in [6.45, 7) is 3.44. The lowest BCUT2D eigenvalue weighted by Crippen LogP contribution is -2.34. The van der Waals surface area contributed by atoms with Gasteiger partial charge in [-0.2, -0.15) is 0 Å². The highest BCUT2D eigenvalue weighted by Crippen LogP contribution is 2.40. The highest BCUT2D eigenvalue weighted by atomic mass is 35.5. The number of hydrogen-bond donors (Lipinski definition) is 2. The van der Waals surface area contributed by atoms with Gasteiger partial charge >= 0.3 is 0 Å². The van der Waals surface area contributed by atoms with Crippen LogP contribution in [0.25, 0.3) is 0 Å². The molecular formula is C17H19ClN2O3. The maximum Gasteiger partial charge on any atom is 0.251 e. The van der Waals surface area contributed by atoms with Gasteiger partial charge in [-0.25, -0.2) is 0 Å². The van der Waals surface area contributed by atoms with Crippen LogP contribution in [0.15, 0.2) is 46.9 Å². The lowest BCUT2D eigenvalue weighted by atomic mass is 9.81. The Morgan fingerprint density at radius 1 is 0.957 bits per heavy atom. The Hall–Kier alpha value is -2.27. The first-order valence-electron chi connectivity index (χ1n) is 7.19. The van der Waals surface area contributed by atoms with Crippen molar-refractivity contribution in [2.24, 2.45) is 0 Å². The van der Waals surface area contributed by atoms with Crippen LogP contribution >= 0.6 is 11.6 Å². The van der Waals surface area contributed by atoms with Gasteiger partial charge in [-0.1, -0.05) is 23.7 Å². The van der Waals surface area contributed by atoms with Crippen LogP contribution in [-0.4, -0.2) is 25.9 Å². The molecule has 0 aromatic heterocycles. The molecule has 1 aliphatic rings. The van der Waals surface area contributed by atoms with Crippen LogP contribution in [-0.2, 0) is 14.3 Å². The molecule has 23 heavy (non-hydrogen) atoms. The Morgan fingerprint density at radius 3 is 1.78 bits per heavy atom. The van der Waals surface area contributed by atoms with E-state index >= 15 is 0 Å². The van der Waals surface area contributed by atoms with E-state index in [1.54, 1.807) is 40.1 Å². The topological polar surface area (TPSA) is 67.4 Å². The van der Waals surface area contributed by atoms with Crippen LogP contribution < -0.4 is 10.6 Å². The van der Waals surface area contributed by atoms with E-state index in [1.165, 1.54) is 0 Å². The molecule has 1 heterocycles. The smallest absolute Gasteiger partial charge is 0.251 e.